The van der Waals surface area contributed by atoms with Crippen LogP contribution < -0.4 is 0 Å². The van der Waals surface area contributed by atoms with Crippen molar-refractivity contribution < 1.29 is 9.90 Å². The number of rotatable bonds is 3. The summed E-state index contributed by atoms with van der Waals surface area (Å²) in [6, 6.07) is 1.86. The van der Waals surface area contributed by atoms with Crippen molar-refractivity contribution in [2.24, 2.45) is 7.05 Å². The minimum atomic E-state index is -0.834. The van der Waals surface area contributed by atoms with Gasteiger partial charge in [-0.25, -0.2) is 4.98 Å². The van der Waals surface area contributed by atoms with Crippen molar-refractivity contribution in [2.75, 3.05) is 0 Å². The van der Waals surface area contributed by atoms with Gasteiger partial charge in [0.15, 0.2) is 0 Å². The highest BCUT2D eigenvalue weighted by atomic mass is 32.1. The molecule has 5 nitrogen and oxygen atoms in total. The first-order chi connectivity index (χ1) is 7.56. The average Bonchev–Trinajstić information content (AvgIpc) is 2.74. The molecule has 0 bridgehead atoms. The van der Waals surface area contributed by atoms with Crippen LogP contribution in [0.25, 0.3) is 10.7 Å². The van der Waals surface area contributed by atoms with Crippen LogP contribution in [0.15, 0.2) is 12.3 Å². The molecule has 0 spiro atoms. The standard InChI is InChI=1S/C10H11N3O2S/c1-6-8(5-9(14)15)16-10(11-6)7-3-4-13(2)12-7/h3-4H,5H2,1-2H3,(H,14,15). The number of carbonyl (C=O) groups is 1. The first-order valence-corrected chi connectivity index (χ1v) is 5.56. The van der Waals surface area contributed by atoms with Gasteiger partial charge in [0, 0.05) is 18.1 Å². The maximum Gasteiger partial charge on any atom is 0.308 e. The number of aliphatic carboxylic acids is 1. The van der Waals surface area contributed by atoms with Crippen LogP contribution in [0.5, 0.6) is 0 Å². The summed E-state index contributed by atoms with van der Waals surface area (Å²) in [4.78, 5) is 15.7. The maximum absolute atomic E-state index is 10.6. The lowest BCUT2D eigenvalue weighted by atomic mass is 10.3. The van der Waals surface area contributed by atoms with E-state index in [1.54, 1.807) is 4.68 Å². The summed E-state index contributed by atoms with van der Waals surface area (Å²) >= 11 is 1.39. The average molecular weight is 237 g/mol. The van der Waals surface area contributed by atoms with Crippen LogP contribution in [-0.2, 0) is 18.3 Å². The molecule has 0 atom stereocenters. The topological polar surface area (TPSA) is 68.0 Å². The Hall–Kier alpha value is -1.69. The summed E-state index contributed by atoms with van der Waals surface area (Å²) in [7, 11) is 1.84. The van der Waals surface area contributed by atoms with E-state index < -0.39 is 5.97 Å². The van der Waals surface area contributed by atoms with Gasteiger partial charge in [-0.15, -0.1) is 11.3 Å². The van der Waals surface area contributed by atoms with Crippen LogP contribution in [0.4, 0.5) is 0 Å². The third kappa shape index (κ3) is 2.11. The van der Waals surface area contributed by atoms with Crippen LogP contribution in [0, 0.1) is 6.92 Å². The Morgan fingerprint density at radius 1 is 1.62 bits per heavy atom. The van der Waals surface area contributed by atoms with Crippen molar-refractivity contribution in [3.8, 4) is 10.7 Å². The highest BCUT2D eigenvalue weighted by Gasteiger charge is 2.13. The largest absolute Gasteiger partial charge is 0.481 e. The number of carboxylic acid groups (broad SMARTS) is 1. The molecule has 0 saturated carbocycles. The van der Waals surface area contributed by atoms with Crippen molar-refractivity contribution in [1.82, 2.24) is 14.8 Å². The van der Waals surface area contributed by atoms with Gasteiger partial charge in [0.2, 0.25) is 0 Å². The smallest absolute Gasteiger partial charge is 0.308 e. The molecule has 0 aromatic carbocycles. The zero-order valence-electron chi connectivity index (χ0n) is 8.97. The van der Waals surface area contributed by atoms with Gasteiger partial charge in [0.1, 0.15) is 10.7 Å². The molecule has 0 saturated heterocycles. The third-order valence-corrected chi connectivity index (χ3v) is 3.32. The zero-order valence-corrected chi connectivity index (χ0v) is 9.78. The molecular weight excluding hydrogens is 226 g/mol. The van der Waals surface area contributed by atoms with Gasteiger partial charge >= 0.3 is 5.97 Å². The van der Waals surface area contributed by atoms with E-state index in [4.69, 9.17) is 5.11 Å². The predicted octanol–water partition coefficient (Wildman–Crippen LogP) is 1.48. The SMILES string of the molecule is Cc1nc(-c2ccn(C)n2)sc1CC(=O)O. The maximum atomic E-state index is 10.6. The second kappa shape index (κ2) is 4.05. The van der Waals surface area contributed by atoms with Crippen molar-refractivity contribution in [3.05, 3.63) is 22.8 Å². The van der Waals surface area contributed by atoms with Crippen molar-refractivity contribution in [3.63, 3.8) is 0 Å². The van der Waals surface area contributed by atoms with Gasteiger partial charge < -0.3 is 5.11 Å². The molecule has 1 N–H and O–H groups in total. The fourth-order valence-corrected chi connectivity index (χ4v) is 2.39. The molecule has 0 aliphatic rings. The minimum absolute atomic E-state index is 0.0241. The van der Waals surface area contributed by atoms with Gasteiger partial charge in [0.25, 0.3) is 0 Å². The van der Waals surface area contributed by atoms with Crippen LogP contribution >= 0.6 is 11.3 Å². The highest BCUT2D eigenvalue weighted by Crippen LogP contribution is 2.26. The van der Waals surface area contributed by atoms with Crippen LogP contribution in [0.2, 0.25) is 0 Å². The quantitative estimate of drug-likeness (QED) is 0.878. The van der Waals surface area contributed by atoms with E-state index >= 15 is 0 Å². The molecule has 2 heterocycles. The molecular formula is C10H11N3O2S. The molecule has 2 aromatic heterocycles. The first-order valence-electron chi connectivity index (χ1n) is 4.74. The van der Waals surface area contributed by atoms with Gasteiger partial charge in [-0.2, -0.15) is 5.10 Å². The second-order valence-electron chi connectivity index (χ2n) is 3.47. The number of hydrogen-bond donors (Lipinski definition) is 1. The molecule has 0 unspecified atom stereocenters. The highest BCUT2D eigenvalue weighted by molar-refractivity contribution is 7.15. The Balaban J connectivity index is 2.33. The predicted molar refractivity (Wildman–Crippen MR) is 60.4 cm³/mol. The van der Waals surface area contributed by atoms with E-state index in [-0.39, 0.29) is 6.42 Å². The number of aromatic nitrogens is 3. The Kier molecular flexibility index (Phi) is 2.74. The number of carboxylic acids is 1. The van der Waals surface area contributed by atoms with Gasteiger partial charge in [-0.3, -0.25) is 9.48 Å². The van der Waals surface area contributed by atoms with Gasteiger partial charge in [-0.05, 0) is 13.0 Å². The Bertz CT molecular complexity index is 530. The normalized spacial score (nSPS) is 10.6. The molecule has 0 fully saturated rings. The molecule has 2 aromatic rings. The lowest BCUT2D eigenvalue weighted by Crippen LogP contribution is -1.99. The lowest BCUT2D eigenvalue weighted by Gasteiger charge is -1.89. The summed E-state index contributed by atoms with van der Waals surface area (Å²) in [6.07, 6.45) is 1.86. The fraction of sp³-hybridized carbons (Fsp3) is 0.300. The van der Waals surface area contributed by atoms with Crippen molar-refractivity contribution in [2.45, 2.75) is 13.3 Å². The Morgan fingerprint density at radius 3 is 2.94 bits per heavy atom. The molecule has 0 aliphatic carbocycles. The molecule has 0 radical (unpaired) electrons. The fourth-order valence-electron chi connectivity index (χ4n) is 1.37. The van der Waals surface area contributed by atoms with Crippen LogP contribution in [0.3, 0.4) is 0 Å². The number of aryl methyl sites for hydroxylation is 2. The Labute approximate surface area is 96.4 Å². The molecule has 6 heteroatoms. The summed E-state index contributed by atoms with van der Waals surface area (Å²) in [6.45, 7) is 1.82. The van der Waals surface area contributed by atoms with E-state index in [0.29, 0.717) is 0 Å². The van der Waals surface area contributed by atoms with Crippen LogP contribution in [0.1, 0.15) is 10.6 Å². The molecule has 2 rings (SSSR count). The van der Waals surface area contributed by atoms with E-state index in [1.165, 1.54) is 11.3 Å². The molecule has 16 heavy (non-hydrogen) atoms. The number of nitrogens with zero attached hydrogens (tertiary/aromatic N) is 3. The lowest BCUT2D eigenvalue weighted by molar-refractivity contribution is -0.136. The Morgan fingerprint density at radius 2 is 2.38 bits per heavy atom. The van der Waals surface area contributed by atoms with E-state index in [2.05, 4.69) is 10.1 Å². The third-order valence-electron chi connectivity index (χ3n) is 2.14. The summed E-state index contributed by atoms with van der Waals surface area (Å²) in [5, 5.41) is 13.7. The first kappa shape index (κ1) is 10.8. The van der Waals surface area contributed by atoms with Crippen molar-refractivity contribution in [1.29, 1.82) is 0 Å². The second-order valence-corrected chi connectivity index (χ2v) is 4.56. The van der Waals surface area contributed by atoms with E-state index in [1.807, 2.05) is 26.2 Å². The van der Waals surface area contributed by atoms with Crippen molar-refractivity contribution >= 4 is 17.3 Å². The van der Waals surface area contributed by atoms with Crippen LogP contribution in [-0.4, -0.2) is 25.8 Å². The number of thiazole rings is 1. The molecule has 0 aliphatic heterocycles. The monoisotopic (exact) mass is 237 g/mol. The van der Waals surface area contributed by atoms with Gasteiger partial charge in [-0.1, -0.05) is 0 Å². The van der Waals surface area contributed by atoms with E-state index in [0.717, 1.165) is 21.3 Å². The summed E-state index contributed by atoms with van der Waals surface area (Å²) in [5.74, 6) is -0.834. The summed E-state index contributed by atoms with van der Waals surface area (Å²) in [5.41, 5.74) is 1.56. The van der Waals surface area contributed by atoms with Gasteiger partial charge in [0.05, 0.1) is 12.1 Å². The molecule has 0 amide bonds. The summed E-state index contributed by atoms with van der Waals surface area (Å²) < 4.78 is 1.70. The number of hydrogen-bond acceptors (Lipinski definition) is 4. The zero-order chi connectivity index (χ0) is 11.7. The van der Waals surface area contributed by atoms with E-state index in [9.17, 15) is 4.79 Å². The molecule has 84 valence electrons. The minimum Gasteiger partial charge on any atom is -0.481 e.